The van der Waals surface area contributed by atoms with Gasteiger partial charge in [-0.1, -0.05) is 34.1 Å². The van der Waals surface area contributed by atoms with E-state index in [1.165, 1.54) is 4.68 Å². The third-order valence-corrected chi connectivity index (χ3v) is 4.39. The maximum absolute atomic E-state index is 12.3. The number of fused-ring (bicyclic) bond motifs is 1. The molecule has 6 heteroatoms. The zero-order valence-electron chi connectivity index (χ0n) is 12.4. The van der Waals surface area contributed by atoms with Gasteiger partial charge in [-0.3, -0.25) is 9.59 Å². The van der Waals surface area contributed by atoms with Gasteiger partial charge < -0.3 is 5.32 Å². The summed E-state index contributed by atoms with van der Waals surface area (Å²) in [6.07, 6.45) is 1.59. The predicted octanol–water partition coefficient (Wildman–Crippen LogP) is 3.11. The Balaban J connectivity index is 1.81. The van der Waals surface area contributed by atoms with Gasteiger partial charge in [0.1, 0.15) is 6.54 Å². The van der Waals surface area contributed by atoms with Crippen molar-refractivity contribution in [2.24, 2.45) is 0 Å². The van der Waals surface area contributed by atoms with Crippen LogP contribution in [-0.4, -0.2) is 15.7 Å². The average Bonchev–Trinajstić information content (AvgIpc) is 2.54. The molecule has 116 valence electrons. The van der Waals surface area contributed by atoms with Crippen LogP contribution in [-0.2, 0) is 11.3 Å². The molecule has 23 heavy (non-hydrogen) atoms. The molecular weight excluding hydrogens is 358 g/mol. The second kappa shape index (κ2) is 6.34. The smallest absolute Gasteiger partial charge is 0.275 e. The van der Waals surface area contributed by atoms with E-state index in [2.05, 4.69) is 26.3 Å². The largest absolute Gasteiger partial charge is 0.324 e. The summed E-state index contributed by atoms with van der Waals surface area (Å²) < 4.78 is 2.14. The number of aromatic nitrogens is 2. The highest BCUT2D eigenvalue weighted by Gasteiger charge is 2.09. The van der Waals surface area contributed by atoms with Gasteiger partial charge in [-0.2, -0.15) is 5.10 Å². The maximum Gasteiger partial charge on any atom is 0.275 e. The molecule has 0 fully saturated rings. The van der Waals surface area contributed by atoms with Gasteiger partial charge in [-0.05, 0) is 36.8 Å². The number of halogens is 1. The molecule has 0 unspecified atom stereocenters. The van der Waals surface area contributed by atoms with E-state index in [9.17, 15) is 9.59 Å². The van der Waals surface area contributed by atoms with Crippen molar-refractivity contribution in [3.63, 3.8) is 0 Å². The highest BCUT2D eigenvalue weighted by atomic mass is 79.9. The van der Waals surface area contributed by atoms with E-state index in [1.807, 2.05) is 31.2 Å². The number of anilines is 1. The van der Waals surface area contributed by atoms with E-state index in [0.717, 1.165) is 15.4 Å². The Morgan fingerprint density at radius 1 is 1.26 bits per heavy atom. The minimum Gasteiger partial charge on any atom is -0.324 e. The number of carbonyl (C=O) groups excluding carboxylic acids is 1. The van der Waals surface area contributed by atoms with Crippen molar-refractivity contribution in [2.45, 2.75) is 13.5 Å². The molecule has 1 aromatic heterocycles. The van der Waals surface area contributed by atoms with Crippen LogP contribution >= 0.6 is 15.9 Å². The van der Waals surface area contributed by atoms with Gasteiger partial charge in [0.25, 0.3) is 5.56 Å². The first kappa shape index (κ1) is 15.4. The van der Waals surface area contributed by atoms with Gasteiger partial charge in [-0.25, -0.2) is 4.68 Å². The van der Waals surface area contributed by atoms with Gasteiger partial charge >= 0.3 is 0 Å². The second-order valence-corrected chi connectivity index (χ2v) is 6.06. The van der Waals surface area contributed by atoms with Crippen molar-refractivity contribution in [2.75, 3.05) is 5.32 Å². The fourth-order valence-corrected chi connectivity index (χ4v) is 2.55. The van der Waals surface area contributed by atoms with Gasteiger partial charge in [0.05, 0.1) is 11.6 Å². The van der Waals surface area contributed by atoms with Gasteiger partial charge in [0.2, 0.25) is 5.91 Å². The Kier molecular flexibility index (Phi) is 4.25. The molecule has 0 saturated heterocycles. The van der Waals surface area contributed by atoms with E-state index in [-0.39, 0.29) is 18.0 Å². The lowest BCUT2D eigenvalue weighted by atomic mass is 10.2. The number of nitrogens with one attached hydrogen (secondary N) is 1. The van der Waals surface area contributed by atoms with Crippen LogP contribution < -0.4 is 10.9 Å². The number of rotatable bonds is 3. The molecule has 0 atom stereocenters. The van der Waals surface area contributed by atoms with E-state index in [4.69, 9.17) is 0 Å². The topological polar surface area (TPSA) is 64.0 Å². The normalized spacial score (nSPS) is 10.7. The standard InChI is InChI=1S/C17H14BrN3O2/c1-11-8-13(6-7-15(11)18)20-16(22)10-21-17(23)14-5-3-2-4-12(14)9-19-21/h2-9H,10H2,1H3,(H,20,22). The lowest BCUT2D eigenvalue weighted by Gasteiger charge is -2.08. The zero-order valence-corrected chi connectivity index (χ0v) is 14.0. The van der Waals surface area contributed by atoms with E-state index >= 15 is 0 Å². The molecule has 0 bridgehead atoms. The molecule has 0 saturated carbocycles. The lowest BCUT2D eigenvalue weighted by molar-refractivity contribution is -0.117. The summed E-state index contributed by atoms with van der Waals surface area (Å²) in [5.74, 6) is -0.295. The third kappa shape index (κ3) is 3.32. The molecule has 1 N–H and O–H groups in total. The number of hydrogen-bond donors (Lipinski definition) is 1. The second-order valence-electron chi connectivity index (χ2n) is 5.21. The number of amides is 1. The van der Waals surface area contributed by atoms with Crippen LogP contribution in [0.4, 0.5) is 5.69 Å². The summed E-state index contributed by atoms with van der Waals surface area (Å²) in [6.45, 7) is 1.81. The Hall–Kier alpha value is -2.47. The average molecular weight is 372 g/mol. The van der Waals surface area contributed by atoms with Gasteiger partial charge in [0.15, 0.2) is 0 Å². The molecule has 5 nitrogen and oxygen atoms in total. The maximum atomic E-state index is 12.3. The van der Waals surface area contributed by atoms with E-state index in [1.54, 1.807) is 24.4 Å². The van der Waals surface area contributed by atoms with Crippen LogP contribution in [0.2, 0.25) is 0 Å². The number of benzene rings is 2. The quantitative estimate of drug-likeness (QED) is 0.769. The van der Waals surface area contributed by atoms with Crippen molar-refractivity contribution in [1.82, 2.24) is 9.78 Å². The zero-order chi connectivity index (χ0) is 16.4. The first-order valence-electron chi connectivity index (χ1n) is 7.05. The van der Waals surface area contributed by atoms with Crippen LogP contribution in [0.5, 0.6) is 0 Å². The summed E-state index contributed by atoms with van der Waals surface area (Å²) in [5, 5.41) is 8.14. The Morgan fingerprint density at radius 3 is 2.83 bits per heavy atom. The number of aryl methyl sites for hydroxylation is 1. The van der Waals surface area contributed by atoms with Crippen LogP contribution in [0.15, 0.2) is 57.9 Å². The Labute approximate surface area is 141 Å². The molecule has 0 radical (unpaired) electrons. The minimum absolute atomic E-state index is 0.126. The summed E-state index contributed by atoms with van der Waals surface area (Å²) in [5.41, 5.74) is 1.43. The summed E-state index contributed by atoms with van der Waals surface area (Å²) in [4.78, 5) is 24.5. The van der Waals surface area contributed by atoms with E-state index in [0.29, 0.717) is 11.1 Å². The molecular formula is C17H14BrN3O2. The molecule has 3 aromatic rings. The third-order valence-electron chi connectivity index (χ3n) is 3.50. The number of nitrogens with zero attached hydrogens (tertiary/aromatic N) is 2. The van der Waals surface area contributed by atoms with Crippen LogP contribution in [0.25, 0.3) is 10.8 Å². The predicted molar refractivity (Wildman–Crippen MR) is 93.5 cm³/mol. The Bertz CT molecular complexity index is 950. The van der Waals surface area contributed by atoms with Crippen molar-refractivity contribution in [3.8, 4) is 0 Å². The van der Waals surface area contributed by atoms with Crippen LogP contribution in [0, 0.1) is 6.92 Å². The minimum atomic E-state index is -0.295. The molecule has 1 heterocycles. The number of hydrogen-bond acceptors (Lipinski definition) is 3. The van der Waals surface area contributed by atoms with Crippen molar-refractivity contribution < 1.29 is 4.79 Å². The first-order valence-corrected chi connectivity index (χ1v) is 7.85. The molecule has 3 rings (SSSR count). The Morgan fingerprint density at radius 2 is 2.04 bits per heavy atom. The van der Waals surface area contributed by atoms with Crippen molar-refractivity contribution in [3.05, 3.63) is 69.1 Å². The molecule has 1 amide bonds. The number of carbonyl (C=O) groups is 1. The van der Waals surface area contributed by atoms with Gasteiger partial charge in [0, 0.05) is 15.5 Å². The van der Waals surface area contributed by atoms with Gasteiger partial charge in [-0.15, -0.1) is 0 Å². The lowest BCUT2D eigenvalue weighted by Crippen LogP contribution is -2.29. The summed E-state index contributed by atoms with van der Waals surface area (Å²) in [7, 11) is 0. The summed E-state index contributed by atoms with van der Waals surface area (Å²) >= 11 is 3.41. The molecule has 0 spiro atoms. The first-order chi connectivity index (χ1) is 11.0. The molecule has 2 aromatic carbocycles. The highest BCUT2D eigenvalue weighted by molar-refractivity contribution is 9.10. The monoisotopic (exact) mass is 371 g/mol. The van der Waals surface area contributed by atoms with Crippen LogP contribution in [0.1, 0.15) is 5.56 Å². The van der Waals surface area contributed by atoms with Crippen LogP contribution in [0.3, 0.4) is 0 Å². The highest BCUT2D eigenvalue weighted by Crippen LogP contribution is 2.19. The molecule has 0 aliphatic heterocycles. The fraction of sp³-hybridized carbons (Fsp3) is 0.118. The molecule has 0 aliphatic rings. The molecule has 0 aliphatic carbocycles. The fourth-order valence-electron chi connectivity index (χ4n) is 2.30. The SMILES string of the molecule is Cc1cc(NC(=O)Cn2ncc3ccccc3c2=O)ccc1Br. The van der Waals surface area contributed by atoms with Crippen molar-refractivity contribution in [1.29, 1.82) is 0 Å². The van der Waals surface area contributed by atoms with E-state index < -0.39 is 0 Å². The summed E-state index contributed by atoms with van der Waals surface area (Å²) in [6, 6.07) is 12.7. The van der Waals surface area contributed by atoms with Crippen molar-refractivity contribution >= 4 is 38.3 Å².